The van der Waals surface area contributed by atoms with E-state index >= 15 is 0 Å². The van der Waals surface area contributed by atoms with E-state index in [1.807, 2.05) is 5.43 Å². The fourth-order valence-electron chi connectivity index (χ4n) is 2.34. The molecule has 0 fully saturated rings. The lowest BCUT2D eigenvalue weighted by molar-refractivity contribution is -0.384. The smallest absolute Gasteiger partial charge is 0.271 e. The van der Waals surface area contributed by atoms with Gasteiger partial charge in [-0.25, -0.2) is 13.8 Å². The molecule has 0 heterocycles. The van der Waals surface area contributed by atoms with Crippen molar-refractivity contribution in [2.75, 3.05) is 17.1 Å². The summed E-state index contributed by atoms with van der Waals surface area (Å²) in [4.78, 5) is 22.3. The second kappa shape index (κ2) is 9.71. The number of hydrazone groups is 1. The van der Waals surface area contributed by atoms with Gasteiger partial charge in [0.2, 0.25) is 10.0 Å². The van der Waals surface area contributed by atoms with Crippen molar-refractivity contribution in [1.29, 1.82) is 0 Å². The van der Waals surface area contributed by atoms with Crippen LogP contribution in [0.5, 0.6) is 0 Å². The number of non-ortho nitro benzene ring substituents is 1. The maximum atomic E-state index is 13.0. The highest BCUT2D eigenvalue weighted by molar-refractivity contribution is 7.92. The van der Waals surface area contributed by atoms with E-state index in [1.165, 1.54) is 6.07 Å². The Balaban J connectivity index is 2.25. The standard InChI is InChI=1S/C17H13Cl2F3N4O5S/c1-32(30,31)25(15-7-11(17(20,21)22)2-4-14(15)19)9-16(27)24-23-8-10-6-12(26(28)29)3-5-13(10)18/h2-8H,9H2,1H3,(H,24,27)/b23-8-. The molecule has 0 aliphatic heterocycles. The number of halogens is 5. The minimum Gasteiger partial charge on any atom is -0.271 e. The first-order valence-electron chi connectivity index (χ1n) is 8.30. The SMILES string of the molecule is CS(=O)(=O)N(CC(=O)N/N=C\c1cc([N+](=O)[O-])ccc1Cl)c1cc(C(F)(F)F)ccc1Cl. The quantitative estimate of drug-likeness (QED) is 0.343. The largest absolute Gasteiger partial charge is 0.416 e. The number of sulfonamides is 1. The molecule has 1 amide bonds. The second-order valence-electron chi connectivity index (χ2n) is 6.19. The minimum absolute atomic E-state index is 0.0852. The van der Waals surface area contributed by atoms with Crippen molar-refractivity contribution in [3.8, 4) is 0 Å². The predicted octanol–water partition coefficient (Wildman–Crippen LogP) is 3.84. The molecule has 0 aromatic heterocycles. The fourth-order valence-corrected chi connectivity index (χ4v) is 3.64. The van der Waals surface area contributed by atoms with Gasteiger partial charge < -0.3 is 0 Å². The molecule has 0 atom stereocenters. The Kier molecular flexibility index (Phi) is 7.70. The van der Waals surface area contributed by atoms with Crippen molar-refractivity contribution < 1.29 is 31.3 Å². The maximum absolute atomic E-state index is 13.0. The molecule has 0 aliphatic rings. The van der Waals surface area contributed by atoms with Gasteiger partial charge in [0.05, 0.1) is 33.7 Å². The van der Waals surface area contributed by atoms with Crippen LogP contribution in [0.2, 0.25) is 10.0 Å². The highest BCUT2D eigenvalue weighted by atomic mass is 35.5. The van der Waals surface area contributed by atoms with Crippen molar-refractivity contribution in [2.24, 2.45) is 5.10 Å². The van der Waals surface area contributed by atoms with Gasteiger partial charge in [0.25, 0.3) is 11.6 Å². The van der Waals surface area contributed by atoms with E-state index in [4.69, 9.17) is 23.2 Å². The third-order valence-corrected chi connectivity index (χ3v) is 5.60. The molecule has 15 heteroatoms. The molecule has 9 nitrogen and oxygen atoms in total. The Bertz CT molecular complexity index is 1190. The number of benzene rings is 2. The summed E-state index contributed by atoms with van der Waals surface area (Å²) < 4.78 is 63.6. The summed E-state index contributed by atoms with van der Waals surface area (Å²) in [6.45, 7) is -0.945. The van der Waals surface area contributed by atoms with Gasteiger partial charge in [-0.3, -0.25) is 19.2 Å². The molecule has 0 bridgehead atoms. The molecule has 2 rings (SSSR count). The molecular weight excluding hydrogens is 500 g/mol. The van der Waals surface area contributed by atoms with Crippen LogP contribution in [-0.4, -0.2) is 38.3 Å². The molecule has 0 saturated carbocycles. The zero-order chi connectivity index (χ0) is 24.3. The summed E-state index contributed by atoms with van der Waals surface area (Å²) >= 11 is 11.8. The minimum atomic E-state index is -4.77. The van der Waals surface area contributed by atoms with Crippen LogP contribution in [0, 0.1) is 10.1 Å². The summed E-state index contributed by atoms with van der Waals surface area (Å²) in [7, 11) is -4.22. The molecule has 1 N–H and O–H groups in total. The van der Waals surface area contributed by atoms with E-state index in [9.17, 15) is 36.5 Å². The van der Waals surface area contributed by atoms with Crippen LogP contribution in [0.4, 0.5) is 24.5 Å². The number of rotatable bonds is 7. The van der Waals surface area contributed by atoms with Crippen LogP contribution in [0.3, 0.4) is 0 Å². The molecule has 0 radical (unpaired) electrons. The molecule has 0 saturated heterocycles. The maximum Gasteiger partial charge on any atom is 0.416 e. The number of carbonyl (C=O) groups excluding carboxylic acids is 1. The Morgan fingerprint density at radius 3 is 2.41 bits per heavy atom. The van der Waals surface area contributed by atoms with Gasteiger partial charge in [0.1, 0.15) is 6.54 Å². The molecule has 0 aliphatic carbocycles. The average molecular weight is 513 g/mol. The first-order valence-corrected chi connectivity index (χ1v) is 10.9. The van der Waals surface area contributed by atoms with Gasteiger partial charge in [-0.15, -0.1) is 0 Å². The second-order valence-corrected chi connectivity index (χ2v) is 8.91. The van der Waals surface area contributed by atoms with Crippen LogP contribution < -0.4 is 9.73 Å². The molecule has 0 unspecified atom stereocenters. The van der Waals surface area contributed by atoms with Crippen molar-refractivity contribution in [3.63, 3.8) is 0 Å². The number of hydrogen-bond donors (Lipinski definition) is 1. The number of anilines is 1. The molecule has 32 heavy (non-hydrogen) atoms. The van der Waals surface area contributed by atoms with Gasteiger partial charge in [0.15, 0.2) is 0 Å². The first kappa shape index (κ1) is 25.4. The van der Waals surface area contributed by atoms with Crippen LogP contribution in [-0.2, 0) is 21.0 Å². The third-order valence-electron chi connectivity index (χ3n) is 3.81. The Morgan fingerprint density at radius 2 is 1.84 bits per heavy atom. The summed E-state index contributed by atoms with van der Waals surface area (Å²) in [6.07, 6.45) is -3.11. The molecule has 172 valence electrons. The van der Waals surface area contributed by atoms with Gasteiger partial charge >= 0.3 is 6.18 Å². The predicted molar refractivity (Wildman–Crippen MR) is 112 cm³/mol. The number of nitro groups is 1. The molecule has 2 aromatic rings. The number of nitrogens with zero attached hydrogens (tertiary/aromatic N) is 3. The van der Waals surface area contributed by atoms with Crippen LogP contribution in [0.15, 0.2) is 41.5 Å². The van der Waals surface area contributed by atoms with E-state index in [0.717, 1.165) is 24.4 Å². The van der Waals surface area contributed by atoms with Crippen LogP contribution >= 0.6 is 23.2 Å². The lowest BCUT2D eigenvalue weighted by atomic mass is 10.2. The van der Waals surface area contributed by atoms with Gasteiger partial charge in [-0.05, 0) is 24.3 Å². The molecular formula is C17H13Cl2F3N4O5S. The van der Waals surface area contributed by atoms with Crippen molar-refractivity contribution in [1.82, 2.24) is 5.43 Å². The topological polar surface area (TPSA) is 122 Å². The normalized spacial score (nSPS) is 12.1. The average Bonchev–Trinajstić information content (AvgIpc) is 2.66. The van der Waals surface area contributed by atoms with E-state index in [0.29, 0.717) is 22.7 Å². The van der Waals surface area contributed by atoms with Crippen molar-refractivity contribution in [2.45, 2.75) is 6.18 Å². The zero-order valence-electron chi connectivity index (χ0n) is 15.9. The number of nitrogens with one attached hydrogen (secondary N) is 1. The number of carbonyl (C=O) groups is 1. The number of nitro benzene ring substituents is 1. The molecule has 2 aromatic carbocycles. The zero-order valence-corrected chi connectivity index (χ0v) is 18.3. The summed E-state index contributed by atoms with van der Waals surface area (Å²) in [6, 6.07) is 5.51. The number of alkyl halides is 3. The van der Waals surface area contributed by atoms with E-state index in [2.05, 4.69) is 5.10 Å². The number of hydrogen-bond acceptors (Lipinski definition) is 6. The van der Waals surface area contributed by atoms with E-state index in [-0.39, 0.29) is 21.3 Å². The first-order chi connectivity index (χ1) is 14.7. The Labute approximate surface area is 189 Å². The summed E-state index contributed by atoms with van der Waals surface area (Å²) in [5.74, 6) is -1.03. The number of amides is 1. The van der Waals surface area contributed by atoms with Crippen LogP contribution in [0.25, 0.3) is 0 Å². The molecule has 0 spiro atoms. The Hall–Kier alpha value is -2.90. The highest BCUT2D eigenvalue weighted by Gasteiger charge is 2.33. The van der Waals surface area contributed by atoms with Gasteiger partial charge in [-0.2, -0.15) is 18.3 Å². The third kappa shape index (κ3) is 6.55. The summed E-state index contributed by atoms with van der Waals surface area (Å²) in [5, 5.41) is 14.1. The Morgan fingerprint density at radius 1 is 1.22 bits per heavy atom. The fraction of sp³-hybridized carbons (Fsp3) is 0.176. The van der Waals surface area contributed by atoms with Gasteiger partial charge in [0, 0.05) is 22.7 Å². The van der Waals surface area contributed by atoms with E-state index < -0.39 is 44.8 Å². The van der Waals surface area contributed by atoms with Crippen molar-refractivity contribution >= 4 is 56.7 Å². The van der Waals surface area contributed by atoms with E-state index in [1.54, 1.807) is 0 Å². The van der Waals surface area contributed by atoms with Gasteiger partial charge in [-0.1, -0.05) is 23.2 Å². The summed E-state index contributed by atoms with van der Waals surface area (Å²) in [5.41, 5.74) is 0.0584. The monoisotopic (exact) mass is 512 g/mol. The lowest BCUT2D eigenvalue weighted by Crippen LogP contribution is -2.39. The lowest BCUT2D eigenvalue weighted by Gasteiger charge is -2.23. The van der Waals surface area contributed by atoms with Crippen molar-refractivity contribution in [3.05, 3.63) is 67.7 Å². The highest BCUT2D eigenvalue weighted by Crippen LogP contribution is 2.36. The van der Waals surface area contributed by atoms with Crippen LogP contribution in [0.1, 0.15) is 11.1 Å².